The maximum atomic E-state index is 13.0. The van der Waals surface area contributed by atoms with E-state index in [1.165, 1.54) is 38.5 Å². The van der Waals surface area contributed by atoms with Crippen molar-refractivity contribution in [3.8, 4) is 11.5 Å². The Kier molecular flexibility index (Phi) is 11.1. The number of carbonyl (C=O) groups is 1. The average Bonchev–Trinajstić information content (AvgIpc) is 2.79. The monoisotopic (exact) mass is 454 g/mol. The van der Waals surface area contributed by atoms with E-state index in [-0.39, 0.29) is 17.1 Å². The fourth-order valence-electron chi connectivity index (χ4n) is 3.80. The molecule has 5 heteroatoms. The number of aromatic hydroxyl groups is 1. The van der Waals surface area contributed by atoms with Crippen LogP contribution in [-0.4, -0.2) is 17.1 Å². The van der Waals surface area contributed by atoms with Crippen LogP contribution in [0.5, 0.6) is 11.5 Å². The summed E-state index contributed by atoms with van der Waals surface area (Å²) >= 11 is 0. The van der Waals surface area contributed by atoms with Crippen LogP contribution in [0.2, 0.25) is 0 Å². The lowest BCUT2D eigenvalue weighted by atomic mass is 9.86. The number of unbranched alkanes of at least 4 members (excludes halogenated alkanes) is 7. The fraction of sp³-hybridized carbons (Fsp3) is 0.536. The van der Waals surface area contributed by atoms with E-state index >= 15 is 0 Å². The molecule has 1 unspecified atom stereocenters. The second-order valence-electron chi connectivity index (χ2n) is 9.78. The molecule has 0 aliphatic heterocycles. The first kappa shape index (κ1) is 26.6. The van der Waals surface area contributed by atoms with Crippen LogP contribution in [0.15, 0.2) is 48.5 Å². The van der Waals surface area contributed by atoms with Crippen molar-refractivity contribution in [2.24, 2.45) is 0 Å². The summed E-state index contributed by atoms with van der Waals surface area (Å²) in [6, 6.07) is 14.6. The highest BCUT2D eigenvalue weighted by Crippen LogP contribution is 2.35. The Morgan fingerprint density at radius 2 is 1.58 bits per heavy atom. The Morgan fingerprint density at radius 3 is 2.21 bits per heavy atom. The lowest BCUT2D eigenvalue weighted by Crippen LogP contribution is -2.41. The van der Waals surface area contributed by atoms with E-state index in [9.17, 15) is 9.90 Å². The van der Waals surface area contributed by atoms with Crippen molar-refractivity contribution in [1.82, 2.24) is 5.43 Å². The first-order valence-electron chi connectivity index (χ1n) is 12.4. The minimum atomic E-state index is -0.619. The molecule has 1 atom stereocenters. The summed E-state index contributed by atoms with van der Waals surface area (Å²) in [5.74, 6) is 0.636. The van der Waals surface area contributed by atoms with Crippen LogP contribution >= 0.6 is 0 Å². The van der Waals surface area contributed by atoms with Crippen LogP contribution in [-0.2, 0) is 10.2 Å². The van der Waals surface area contributed by atoms with Crippen molar-refractivity contribution >= 4 is 11.6 Å². The Bertz CT molecular complexity index is 831. The second kappa shape index (κ2) is 13.8. The Balaban J connectivity index is 2.01. The molecule has 5 nitrogen and oxygen atoms in total. The molecule has 0 aromatic heterocycles. The Morgan fingerprint density at radius 1 is 0.939 bits per heavy atom. The van der Waals surface area contributed by atoms with Crippen LogP contribution in [0.1, 0.15) is 91.0 Å². The van der Waals surface area contributed by atoms with Gasteiger partial charge in [0, 0.05) is 5.56 Å². The summed E-state index contributed by atoms with van der Waals surface area (Å²) in [7, 11) is 0. The van der Waals surface area contributed by atoms with Crippen molar-refractivity contribution in [1.29, 1.82) is 0 Å². The van der Waals surface area contributed by atoms with E-state index in [4.69, 9.17) is 4.74 Å². The maximum absolute atomic E-state index is 13.0. The summed E-state index contributed by atoms with van der Waals surface area (Å²) in [5.41, 5.74) is 7.25. The summed E-state index contributed by atoms with van der Waals surface area (Å²) < 4.78 is 6.27. The van der Waals surface area contributed by atoms with Crippen LogP contribution in [0, 0.1) is 0 Å². The number of phenols is 1. The SMILES string of the molecule is CCCCCCCCCCC(Oc1ccc(O)cc1C(C)(C)C)C(=O)NNc1ccccc1. The number of ether oxygens (including phenoxy) is 1. The van der Waals surface area contributed by atoms with Crippen LogP contribution in [0.25, 0.3) is 0 Å². The largest absolute Gasteiger partial charge is 0.508 e. The van der Waals surface area contributed by atoms with E-state index in [0.717, 1.165) is 24.1 Å². The number of nitrogens with one attached hydrogen (secondary N) is 2. The zero-order chi connectivity index (χ0) is 24.1. The molecule has 3 N–H and O–H groups in total. The van der Waals surface area contributed by atoms with E-state index in [2.05, 4.69) is 38.5 Å². The van der Waals surface area contributed by atoms with Gasteiger partial charge in [-0.25, -0.2) is 0 Å². The third kappa shape index (κ3) is 9.77. The van der Waals surface area contributed by atoms with E-state index in [0.29, 0.717) is 12.2 Å². The predicted molar refractivity (Wildman–Crippen MR) is 137 cm³/mol. The fourth-order valence-corrected chi connectivity index (χ4v) is 3.80. The number of phenolic OH excluding ortho intramolecular Hbond substituents is 1. The van der Waals surface area contributed by atoms with Gasteiger partial charge in [0.25, 0.3) is 5.91 Å². The average molecular weight is 455 g/mol. The molecule has 2 aromatic carbocycles. The molecule has 2 aromatic rings. The predicted octanol–water partition coefficient (Wildman–Crippen LogP) is 7.11. The summed E-state index contributed by atoms with van der Waals surface area (Å²) in [6.45, 7) is 8.44. The van der Waals surface area contributed by atoms with Gasteiger partial charge in [-0.05, 0) is 48.6 Å². The number of benzene rings is 2. The standard InChI is InChI=1S/C28H42N2O3/c1-5-6-7-8-9-10-11-15-18-26(27(32)30-29-22-16-13-12-14-17-22)33-25-20-19-23(31)21-24(25)28(2,3)4/h12-14,16-17,19-21,26,29,31H,5-11,15,18H2,1-4H3,(H,30,32). The van der Waals surface area contributed by atoms with E-state index in [1.54, 1.807) is 18.2 Å². The molecule has 0 aliphatic rings. The number of hydrogen-bond acceptors (Lipinski definition) is 4. The normalized spacial score (nSPS) is 12.2. The van der Waals surface area contributed by atoms with Gasteiger partial charge in [0.1, 0.15) is 11.5 Å². The molecule has 2 rings (SSSR count). The number of rotatable bonds is 14. The third-order valence-corrected chi connectivity index (χ3v) is 5.76. The van der Waals surface area contributed by atoms with Gasteiger partial charge >= 0.3 is 0 Å². The quantitative estimate of drug-likeness (QED) is 0.210. The number of para-hydroxylation sites is 1. The molecular formula is C28H42N2O3. The molecule has 182 valence electrons. The number of hydrazine groups is 1. The van der Waals surface area contributed by atoms with Crippen LogP contribution in [0.3, 0.4) is 0 Å². The molecule has 1 amide bonds. The second-order valence-corrected chi connectivity index (χ2v) is 9.78. The molecule has 0 saturated carbocycles. The lowest BCUT2D eigenvalue weighted by Gasteiger charge is -2.26. The Labute approximate surface area is 199 Å². The maximum Gasteiger partial charge on any atom is 0.279 e. The van der Waals surface area contributed by atoms with Gasteiger partial charge in [-0.3, -0.25) is 15.6 Å². The zero-order valence-corrected chi connectivity index (χ0v) is 20.8. The molecule has 0 bridgehead atoms. The van der Waals surface area contributed by atoms with E-state index < -0.39 is 6.10 Å². The summed E-state index contributed by atoms with van der Waals surface area (Å²) in [5, 5.41) is 9.99. The van der Waals surface area contributed by atoms with Gasteiger partial charge in [0.2, 0.25) is 0 Å². The number of carbonyl (C=O) groups excluding carboxylic acids is 1. The van der Waals surface area contributed by atoms with Crippen LogP contribution in [0.4, 0.5) is 5.69 Å². The van der Waals surface area contributed by atoms with Crippen molar-refractivity contribution in [3.05, 3.63) is 54.1 Å². The van der Waals surface area contributed by atoms with Crippen molar-refractivity contribution < 1.29 is 14.6 Å². The van der Waals surface area contributed by atoms with Gasteiger partial charge in [-0.15, -0.1) is 0 Å². The van der Waals surface area contributed by atoms with E-state index in [1.807, 2.05) is 30.3 Å². The summed E-state index contributed by atoms with van der Waals surface area (Å²) in [6.07, 6.45) is 9.66. The van der Waals surface area contributed by atoms with Gasteiger partial charge < -0.3 is 9.84 Å². The molecule has 0 radical (unpaired) electrons. The van der Waals surface area contributed by atoms with Crippen molar-refractivity contribution in [2.75, 3.05) is 5.43 Å². The Hall–Kier alpha value is -2.69. The molecule has 0 fully saturated rings. The third-order valence-electron chi connectivity index (χ3n) is 5.76. The topological polar surface area (TPSA) is 70.6 Å². The van der Waals surface area contributed by atoms with Crippen LogP contribution < -0.4 is 15.6 Å². The highest BCUT2D eigenvalue weighted by molar-refractivity contribution is 5.82. The lowest BCUT2D eigenvalue weighted by molar-refractivity contribution is -0.127. The zero-order valence-electron chi connectivity index (χ0n) is 20.8. The summed E-state index contributed by atoms with van der Waals surface area (Å²) in [4.78, 5) is 13.0. The first-order valence-corrected chi connectivity index (χ1v) is 12.4. The van der Waals surface area contributed by atoms with Crippen molar-refractivity contribution in [2.45, 2.75) is 97.0 Å². The highest BCUT2D eigenvalue weighted by Gasteiger charge is 2.25. The highest BCUT2D eigenvalue weighted by atomic mass is 16.5. The molecule has 0 heterocycles. The number of anilines is 1. The van der Waals surface area contributed by atoms with Gasteiger partial charge in [0.15, 0.2) is 6.10 Å². The van der Waals surface area contributed by atoms with Gasteiger partial charge in [-0.2, -0.15) is 0 Å². The first-order chi connectivity index (χ1) is 15.8. The number of amides is 1. The minimum Gasteiger partial charge on any atom is -0.508 e. The molecule has 0 aliphatic carbocycles. The molecular weight excluding hydrogens is 412 g/mol. The molecule has 0 spiro atoms. The molecule has 33 heavy (non-hydrogen) atoms. The molecule has 0 saturated heterocycles. The number of hydrogen-bond donors (Lipinski definition) is 3. The smallest absolute Gasteiger partial charge is 0.279 e. The van der Waals surface area contributed by atoms with Crippen molar-refractivity contribution in [3.63, 3.8) is 0 Å². The van der Waals surface area contributed by atoms with Gasteiger partial charge in [0.05, 0.1) is 5.69 Å². The minimum absolute atomic E-state index is 0.196. The van der Waals surface area contributed by atoms with Gasteiger partial charge in [-0.1, -0.05) is 90.8 Å².